The summed E-state index contributed by atoms with van der Waals surface area (Å²) in [6.45, 7) is 0.205. The molecule has 25 heavy (non-hydrogen) atoms. The molecule has 0 saturated heterocycles. The summed E-state index contributed by atoms with van der Waals surface area (Å²) in [7, 11) is 0. The lowest BCUT2D eigenvalue weighted by molar-refractivity contribution is -0.384. The van der Waals surface area contributed by atoms with Gasteiger partial charge in [0.05, 0.1) is 22.0 Å². The summed E-state index contributed by atoms with van der Waals surface area (Å²) < 4.78 is 16.5. The Labute approximate surface area is 140 Å². The topological polar surface area (TPSA) is 95.7 Å². The van der Waals surface area contributed by atoms with Gasteiger partial charge in [-0.15, -0.1) is 0 Å². The van der Waals surface area contributed by atoms with Gasteiger partial charge in [0, 0.05) is 24.3 Å². The van der Waals surface area contributed by atoms with Crippen LogP contribution >= 0.6 is 0 Å². The van der Waals surface area contributed by atoms with Crippen LogP contribution in [-0.2, 0) is 6.61 Å². The minimum Gasteiger partial charge on any atom is -0.487 e. The van der Waals surface area contributed by atoms with E-state index in [2.05, 4.69) is 0 Å². The number of ether oxygens (including phenoxy) is 1. The largest absolute Gasteiger partial charge is 0.487 e. The normalized spacial score (nSPS) is 11.0. The molecule has 4 rings (SSSR count). The Morgan fingerprint density at radius 3 is 2.52 bits per heavy atom. The number of rotatable bonds is 4. The second kappa shape index (κ2) is 5.79. The maximum atomic E-state index is 11.4. The molecule has 0 unspecified atom stereocenters. The fourth-order valence-electron chi connectivity index (χ4n) is 2.64. The van der Waals surface area contributed by atoms with Crippen molar-refractivity contribution in [2.45, 2.75) is 6.61 Å². The molecule has 2 aromatic heterocycles. The fraction of sp³-hybridized carbons (Fsp3) is 0.0556. The van der Waals surface area contributed by atoms with Crippen LogP contribution in [0.3, 0.4) is 0 Å². The van der Waals surface area contributed by atoms with Crippen LogP contribution in [0, 0.1) is 10.1 Å². The molecule has 0 N–H and O–H groups in total. The Hall–Kier alpha value is -3.61. The van der Waals surface area contributed by atoms with Gasteiger partial charge in [-0.05, 0) is 29.8 Å². The highest BCUT2D eigenvalue weighted by Gasteiger charge is 2.13. The third-order valence-corrected chi connectivity index (χ3v) is 3.84. The third-order valence-electron chi connectivity index (χ3n) is 3.84. The Morgan fingerprint density at radius 2 is 1.76 bits per heavy atom. The van der Waals surface area contributed by atoms with Crippen molar-refractivity contribution in [1.29, 1.82) is 0 Å². The first-order chi connectivity index (χ1) is 12.1. The Balaban J connectivity index is 1.73. The van der Waals surface area contributed by atoms with Crippen molar-refractivity contribution in [1.82, 2.24) is 0 Å². The predicted molar refractivity (Wildman–Crippen MR) is 89.7 cm³/mol. The van der Waals surface area contributed by atoms with E-state index in [1.165, 1.54) is 24.5 Å². The van der Waals surface area contributed by atoms with Crippen molar-refractivity contribution in [3.8, 4) is 5.75 Å². The maximum Gasteiger partial charge on any atom is 0.336 e. The summed E-state index contributed by atoms with van der Waals surface area (Å²) in [5, 5.41) is 12.1. The summed E-state index contributed by atoms with van der Waals surface area (Å²) >= 11 is 0. The van der Waals surface area contributed by atoms with Gasteiger partial charge in [0.15, 0.2) is 0 Å². The zero-order valence-electron chi connectivity index (χ0n) is 12.8. The maximum absolute atomic E-state index is 11.4. The van der Waals surface area contributed by atoms with E-state index >= 15 is 0 Å². The number of fused-ring (bicyclic) bond motifs is 2. The average Bonchev–Trinajstić information content (AvgIpc) is 3.07. The average molecular weight is 337 g/mol. The lowest BCUT2D eigenvalue weighted by atomic mass is 10.1. The number of nitro benzene ring substituents is 1. The lowest BCUT2D eigenvalue weighted by Gasteiger charge is -2.10. The van der Waals surface area contributed by atoms with Crippen LogP contribution in [0.15, 0.2) is 68.4 Å². The van der Waals surface area contributed by atoms with Crippen molar-refractivity contribution >= 4 is 27.6 Å². The van der Waals surface area contributed by atoms with Crippen LogP contribution in [0.4, 0.5) is 5.69 Å². The highest BCUT2D eigenvalue weighted by Crippen LogP contribution is 2.35. The van der Waals surface area contributed by atoms with E-state index in [4.69, 9.17) is 13.6 Å². The van der Waals surface area contributed by atoms with Crippen molar-refractivity contribution in [2.24, 2.45) is 0 Å². The Bertz CT molecular complexity index is 1140. The van der Waals surface area contributed by atoms with E-state index in [1.54, 1.807) is 30.3 Å². The predicted octanol–water partition coefficient (Wildman–Crippen LogP) is 4.03. The monoisotopic (exact) mass is 337 g/mol. The zero-order chi connectivity index (χ0) is 17.4. The first-order valence-corrected chi connectivity index (χ1v) is 7.42. The molecule has 0 aliphatic carbocycles. The van der Waals surface area contributed by atoms with E-state index in [-0.39, 0.29) is 12.3 Å². The van der Waals surface area contributed by atoms with Gasteiger partial charge in [-0.3, -0.25) is 10.1 Å². The number of nitro groups is 1. The van der Waals surface area contributed by atoms with E-state index in [9.17, 15) is 14.9 Å². The van der Waals surface area contributed by atoms with Gasteiger partial charge in [0.2, 0.25) is 0 Å². The van der Waals surface area contributed by atoms with E-state index in [0.29, 0.717) is 22.3 Å². The van der Waals surface area contributed by atoms with Crippen LogP contribution in [0.25, 0.3) is 21.9 Å². The van der Waals surface area contributed by atoms with Crippen molar-refractivity contribution in [2.75, 3.05) is 0 Å². The minimum atomic E-state index is -0.459. The number of furan rings is 1. The first kappa shape index (κ1) is 14.9. The summed E-state index contributed by atoms with van der Waals surface area (Å²) in [5.74, 6) is 0.531. The van der Waals surface area contributed by atoms with E-state index in [1.807, 2.05) is 0 Å². The number of benzene rings is 2. The third kappa shape index (κ3) is 2.72. The molecule has 7 heteroatoms. The molecule has 2 aromatic carbocycles. The van der Waals surface area contributed by atoms with Crippen LogP contribution in [-0.4, -0.2) is 4.92 Å². The summed E-state index contributed by atoms with van der Waals surface area (Å²) in [6, 6.07) is 12.5. The second-order valence-corrected chi connectivity index (χ2v) is 5.42. The SMILES string of the molecule is O=c1ccc2c(OCc3ccc([N+](=O)[O-])cc3)c3ccoc3cc2o1. The first-order valence-electron chi connectivity index (χ1n) is 7.42. The van der Waals surface area contributed by atoms with Gasteiger partial charge < -0.3 is 13.6 Å². The Kier molecular flexibility index (Phi) is 3.46. The summed E-state index contributed by atoms with van der Waals surface area (Å²) in [6.07, 6.45) is 1.53. The molecular formula is C18H11NO6. The summed E-state index contributed by atoms with van der Waals surface area (Å²) in [5.41, 5.74) is 1.25. The summed E-state index contributed by atoms with van der Waals surface area (Å²) in [4.78, 5) is 21.7. The second-order valence-electron chi connectivity index (χ2n) is 5.42. The molecule has 0 aliphatic heterocycles. The van der Waals surface area contributed by atoms with E-state index in [0.717, 1.165) is 10.9 Å². The molecule has 2 heterocycles. The lowest BCUT2D eigenvalue weighted by Crippen LogP contribution is -1.99. The van der Waals surface area contributed by atoms with Gasteiger partial charge in [0.25, 0.3) is 5.69 Å². The molecule has 4 aromatic rings. The highest BCUT2D eigenvalue weighted by atomic mass is 16.6. The molecule has 0 fully saturated rings. The molecule has 0 bridgehead atoms. The standard InChI is InChI=1S/C18H11NO6/c20-17-6-5-13-16(25-17)9-15-14(7-8-23-15)18(13)24-10-11-1-3-12(4-2-11)19(21)22/h1-9H,10H2. The molecule has 0 saturated carbocycles. The zero-order valence-corrected chi connectivity index (χ0v) is 12.8. The minimum absolute atomic E-state index is 0.0212. The van der Waals surface area contributed by atoms with Crippen LogP contribution < -0.4 is 10.4 Å². The van der Waals surface area contributed by atoms with Crippen molar-refractivity contribution in [3.63, 3.8) is 0 Å². The van der Waals surface area contributed by atoms with Gasteiger partial charge >= 0.3 is 5.63 Å². The molecule has 0 radical (unpaired) electrons. The molecular weight excluding hydrogens is 326 g/mol. The van der Waals surface area contributed by atoms with Crippen LogP contribution in [0.2, 0.25) is 0 Å². The molecule has 0 atom stereocenters. The van der Waals surface area contributed by atoms with Crippen LogP contribution in [0.1, 0.15) is 5.56 Å². The number of hydrogen-bond donors (Lipinski definition) is 0. The Morgan fingerprint density at radius 1 is 1.00 bits per heavy atom. The van der Waals surface area contributed by atoms with Gasteiger partial charge in [0.1, 0.15) is 23.5 Å². The number of nitrogens with zero attached hydrogens (tertiary/aromatic N) is 1. The van der Waals surface area contributed by atoms with Crippen molar-refractivity contribution in [3.05, 3.63) is 80.9 Å². The van der Waals surface area contributed by atoms with E-state index < -0.39 is 10.5 Å². The van der Waals surface area contributed by atoms with Crippen LogP contribution in [0.5, 0.6) is 5.75 Å². The molecule has 0 amide bonds. The quantitative estimate of drug-likeness (QED) is 0.317. The van der Waals surface area contributed by atoms with Gasteiger partial charge in [-0.2, -0.15) is 0 Å². The van der Waals surface area contributed by atoms with Gasteiger partial charge in [-0.1, -0.05) is 0 Å². The number of hydrogen-bond acceptors (Lipinski definition) is 6. The molecule has 7 nitrogen and oxygen atoms in total. The molecule has 0 aliphatic rings. The number of non-ortho nitro benzene ring substituents is 1. The molecule has 124 valence electrons. The smallest absolute Gasteiger partial charge is 0.336 e. The fourth-order valence-corrected chi connectivity index (χ4v) is 2.64. The molecule has 0 spiro atoms. The highest BCUT2D eigenvalue weighted by molar-refractivity contribution is 6.01. The van der Waals surface area contributed by atoms with Crippen molar-refractivity contribution < 1.29 is 18.5 Å². The van der Waals surface area contributed by atoms with Gasteiger partial charge in [-0.25, -0.2) is 4.79 Å².